The Morgan fingerprint density at radius 3 is 2.61 bits per heavy atom. The Kier molecular flexibility index (Phi) is 4.84. The number of benzene rings is 1. The highest BCUT2D eigenvalue weighted by molar-refractivity contribution is 9.10. The molecule has 2 rings (SSSR count). The Morgan fingerprint density at radius 2 is 2.00 bits per heavy atom. The maximum absolute atomic E-state index is 6.06. The van der Waals surface area contributed by atoms with E-state index < -0.39 is 0 Å². The van der Waals surface area contributed by atoms with Gasteiger partial charge in [0.05, 0.1) is 5.02 Å². The lowest BCUT2D eigenvalue weighted by Crippen LogP contribution is -2.11. The average molecular weight is 345 g/mol. The van der Waals surface area contributed by atoms with Crippen molar-refractivity contribution >= 4 is 38.9 Å². The first kappa shape index (κ1) is 14.1. The van der Waals surface area contributed by atoms with E-state index in [1.165, 1.54) is 20.9 Å². The van der Waals surface area contributed by atoms with E-state index in [-0.39, 0.29) is 0 Å². The smallest absolute Gasteiger partial charge is 0.0551 e. The van der Waals surface area contributed by atoms with Crippen LogP contribution in [0.5, 0.6) is 0 Å². The van der Waals surface area contributed by atoms with E-state index in [1.807, 2.05) is 23.5 Å². The second-order valence-corrected chi connectivity index (χ2v) is 6.91. The minimum Gasteiger partial charge on any atom is -0.308 e. The first-order valence-corrected chi connectivity index (χ1v) is 7.75. The zero-order valence-corrected chi connectivity index (χ0v) is 13.5. The van der Waals surface area contributed by atoms with Crippen molar-refractivity contribution < 1.29 is 0 Å². The molecule has 0 unspecified atom stereocenters. The van der Waals surface area contributed by atoms with Gasteiger partial charge < -0.3 is 5.32 Å². The van der Waals surface area contributed by atoms with Gasteiger partial charge in [-0.05, 0) is 59.1 Å². The van der Waals surface area contributed by atoms with E-state index in [4.69, 9.17) is 11.6 Å². The van der Waals surface area contributed by atoms with Gasteiger partial charge in [0.2, 0.25) is 0 Å². The summed E-state index contributed by atoms with van der Waals surface area (Å²) in [6.45, 7) is 6.07. The van der Waals surface area contributed by atoms with Gasteiger partial charge in [-0.1, -0.05) is 17.7 Å². The molecule has 1 aromatic carbocycles. The van der Waals surface area contributed by atoms with Gasteiger partial charge in [-0.2, -0.15) is 0 Å². The largest absolute Gasteiger partial charge is 0.308 e. The highest BCUT2D eigenvalue weighted by Crippen LogP contribution is 2.23. The van der Waals surface area contributed by atoms with Crippen LogP contribution in [0.1, 0.15) is 20.9 Å². The van der Waals surface area contributed by atoms with Crippen molar-refractivity contribution in [1.29, 1.82) is 0 Å². The molecule has 1 aromatic heterocycles. The molecule has 96 valence electrons. The van der Waals surface area contributed by atoms with Gasteiger partial charge >= 0.3 is 0 Å². The average Bonchev–Trinajstić information content (AvgIpc) is 2.63. The van der Waals surface area contributed by atoms with Crippen LogP contribution in [0.3, 0.4) is 0 Å². The van der Waals surface area contributed by atoms with Crippen LogP contribution in [0.2, 0.25) is 5.02 Å². The summed E-state index contributed by atoms with van der Waals surface area (Å²) in [5, 5.41) is 4.20. The summed E-state index contributed by atoms with van der Waals surface area (Å²) in [5.41, 5.74) is 2.58. The molecule has 0 atom stereocenters. The lowest BCUT2D eigenvalue weighted by atomic mass is 10.2. The molecule has 0 aliphatic carbocycles. The number of nitrogens with one attached hydrogen (secondary N) is 1. The zero-order chi connectivity index (χ0) is 13.1. The third-order valence-corrected chi connectivity index (χ3v) is 5.21. The predicted molar refractivity (Wildman–Crippen MR) is 83.5 cm³/mol. The van der Waals surface area contributed by atoms with Gasteiger partial charge in [-0.25, -0.2) is 0 Å². The summed E-state index contributed by atoms with van der Waals surface area (Å²) in [5.74, 6) is 0. The van der Waals surface area contributed by atoms with Gasteiger partial charge in [-0.15, -0.1) is 11.3 Å². The van der Waals surface area contributed by atoms with Crippen LogP contribution < -0.4 is 5.32 Å². The molecule has 0 bridgehead atoms. The summed E-state index contributed by atoms with van der Waals surface area (Å²) >= 11 is 11.3. The van der Waals surface area contributed by atoms with E-state index in [0.717, 1.165) is 22.6 Å². The SMILES string of the molecule is Cc1cc(CNCc2ccc(Br)c(Cl)c2)sc1C. The molecular formula is C14H15BrClNS. The summed E-state index contributed by atoms with van der Waals surface area (Å²) in [7, 11) is 0. The van der Waals surface area contributed by atoms with Gasteiger partial charge in [0.1, 0.15) is 0 Å². The molecule has 1 N–H and O–H groups in total. The summed E-state index contributed by atoms with van der Waals surface area (Å²) in [6, 6.07) is 8.30. The zero-order valence-electron chi connectivity index (χ0n) is 10.4. The van der Waals surface area contributed by atoms with Crippen molar-refractivity contribution in [1.82, 2.24) is 5.32 Å². The van der Waals surface area contributed by atoms with Crippen molar-refractivity contribution in [2.24, 2.45) is 0 Å². The third kappa shape index (κ3) is 3.58. The number of hydrogen-bond donors (Lipinski definition) is 1. The Bertz CT molecular complexity index is 531. The van der Waals surface area contributed by atoms with Gasteiger partial charge in [0.25, 0.3) is 0 Å². The number of halogens is 2. The molecule has 2 aromatic rings. The molecule has 18 heavy (non-hydrogen) atoms. The summed E-state index contributed by atoms with van der Waals surface area (Å²) in [4.78, 5) is 2.78. The van der Waals surface area contributed by atoms with Gasteiger partial charge in [0.15, 0.2) is 0 Å². The maximum Gasteiger partial charge on any atom is 0.0551 e. The normalized spacial score (nSPS) is 10.9. The Balaban J connectivity index is 1.90. The maximum atomic E-state index is 6.06. The molecule has 0 aliphatic rings. The first-order chi connectivity index (χ1) is 8.56. The number of aryl methyl sites for hydroxylation is 2. The van der Waals surface area contributed by atoms with E-state index >= 15 is 0 Å². The highest BCUT2D eigenvalue weighted by Gasteiger charge is 2.02. The van der Waals surface area contributed by atoms with E-state index in [2.05, 4.69) is 47.2 Å². The Labute approximate surface area is 125 Å². The monoisotopic (exact) mass is 343 g/mol. The minimum atomic E-state index is 0.761. The summed E-state index contributed by atoms with van der Waals surface area (Å²) < 4.78 is 0.942. The minimum absolute atomic E-state index is 0.761. The van der Waals surface area contributed by atoms with Crippen LogP contribution in [0.15, 0.2) is 28.7 Å². The van der Waals surface area contributed by atoms with E-state index in [1.54, 1.807) is 0 Å². The van der Waals surface area contributed by atoms with Crippen LogP contribution in [0.4, 0.5) is 0 Å². The number of hydrogen-bond acceptors (Lipinski definition) is 2. The molecule has 0 saturated heterocycles. The van der Waals surface area contributed by atoms with Crippen LogP contribution in [-0.2, 0) is 13.1 Å². The second kappa shape index (κ2) is 6.20. The van der Waals surface area contributed by atoms with Crippen molar-refractivity contribution in [2.45, 2.75) is 26.9 Å². The van der Waals surface area contributed by atoms with Crippen molar-refractivity contribution in [2.75, 3.05) is 0 Å². The quantitative estimate of drug-likeness (QED) is 0.816. The second-order valence-electron chi connectivity index (χ2n) is 4.30. The molecule has 0 spiro atoms. The van der Waals surface area contributed by atoms with Crippen LogP contribution in [0.25, 0.3) is 0 Å². The fourth-order valence-electron chi connectivity index (χ4n) is 1.72. The molecular weight excluding hydrogens is 330 g/mol. The first-order valence-electron chi connectivity index (χ1n) is 5.77. The van der Waals surface area contributed by atoms with Crippen molar-refractivity contribution in [3.8, 4) is 0 Å². The van der Waals surface area contributed by atoms with E-state index in [9.17, 15) is 0 Å². The standard InChI is InChI=1S/C14H15BrClNS/c1-9-5-12(18-10(9)2)8-17-7-11-3-4-13(15)14(16)6-11/h3-6,17H,7-8H2,1-2H3. The number of thiophene rings is 1. The lowest BCUT2D eigenvalue weighted by Gasteiger charge is -2.05. The molecule has 0 amide bonds. The third-order valence-electron chi connectivity index (χ3n) is 2.83. The fourth-order valence-corrected chi connectivity index (χ4v) is 3.19. The predicted octanol–water partition coefficient (Wildman–Crippen LogP) is 5.07. The molecule has 0 aliphatic heterocycles. The Hall–Kier alpha value is -0.350. The fraction of sp³-hybridized carbons (Fsp3) is 0.286. The van der Waals surface area contributed by atoms with Crippen LogP contribution in [-0.4, -0.2) is 0 Å². The highest BCUT2D eigenvalue weighted by atomic mass is 79.9. The van der Waals surface area contributed by atoms with Crippen molar-refractivity contribution in [3.05, 3.63) is 54.6 Å². The molecule has 1 heterocycles. The lowest BCUT2D eigenvalue weighted by molar-refractivity contribution is 0.701. The van der Waals surface area contributed by atoms with Gasteiger partial charge in [-0.3, -0.25) is 0 Å². The Morgan fingerprint density at radius 1 is 1.22 bits per heavy atom. The molecule has 1 nitrogen and oxygen atoms in total. The van der Waals surface area contributed by atoms with Crippen LogP contribution >= 0.6 is 38.9 Å². The summed E-state index contributed by atoms with van der Waals surface area (Å²) in [6.07, 6.45) is 0. The number of rotatable bonds is 4. The molecule has 4 heteroatoms. The van der Waals surface area contributed by atoms with Crippen LogP contribution in [0, 0.1) is 13.8 Å². The molecule has 0 fully saturated rings. The molecule has 0 radical (unpaired) electrons. The topological polar surface area (TPSA) is 12.0 Å². The van der Waals surface area contributed by atoms with Gasteiger partial charge in [0, 0.05) is 27.3 Å². The van der Waals surface area contributed by atoms with E-state index in [0.29, 0.717) is 0 Å². The molecule has 0 saturated carbocycles. The van der Waals surface area contributed by atoms with Crippen molar-refractivity contribution in [3.63, 3.8) is 0 Å².